The van der Waals surface area contributed by atoms with Gasteiger partial charge in [-0.1, -0.05) is 0 Å². The van der Waals surface area contributed by atoms with E-state index >= 15 is 0 Å². The summed E-state index contributed by atoms with van der Waals surface area (Å²) >= 11 is -0.383. The molecular formula is C5H7I2N3. The Labute approximate surface area is 79.8 Å². The van der Waals surface area contributed by atoms with E-state index in [1.807, 2.05) is 6.92 Å². The van der Waals surface area contributed by atoms with Crippen molar-refractivity contribution < 1.29 is 0 Å². The van der Waals surface area contributed by atoms with E-state index < -0.39 is 0 Å². The van der Waals surface area contributed by atoms with Crippen LogP contribution < -0.4 is 5.73 Å². The molecule has 0 aromatic heterocycles. The van der Waals surface area contributed by atoms with Crippen molar-refractivity contribution in [3.63, 3.8) is 0 Å². The highest BCUT2D eigenvalue weighted by atomic mass is 127. The minimum absolute atomic E-state index is 0.120. The van der Waals surface area contributed by atoms with E-state index in [2.05, 4.69) is 1.36 Å². The van der Waals surface area contributed by atoms with Gasteiger partial charge in [0.15, 0.2) is 0 Å². The number of rotatable bonds is 1. The van der Waals surface area contributed by atoms with Gasteiger partial charge in [-0.15, -0.1) is 0 Å². The van der Waals surface area contributed by atoms with Gasteiger partial charge in [-0.05, 0) is 6.92 Å². The highest BCUT2D eigenvalue weighted by Gasteiger charge is 2.05. The fourth-order valence-electron chi connectivity index (χ4n) is 0.522. The third kappa shape index (κ3) is 1.76. The van der Waals surface area contributed by atoms with Gasteiger partial charge in [-0.25, -0.2) is 0 Å². The lowest BCUT2D eigenvalue weighted by molar-refractivity contribution is 1.54. The zero-order valence-corrected chi connectivity index (χ0v) is 9.67. The summed E-state index contributed by atoms with van der Waals surface area (Å²) in [5, 5.41) is 7.07. The Morgan fingerprint density at radius 1 is 1.70 bits per heavy atom. The lowest BCUT2D eigenvalue weighted by Gasteiger charge is -2.03. The lowest BCUT2D eigenvalue weighted by atomic mass is 10.3. The van der Waals surface area contributed by atoms with Crippen LogP contribution in [-0.2, 0) is 0 Å². The van der Waals surface area contributed by atoms with E-state index in [1.54, 1.807) is 0 Å². The van der Waals surface area contributed by atoms with Crippen molar-refractivity contribution >= 4 is 51.9 Å². The third-order valence-electron chi connectivity index (χ3n) is 1.05. The van der Waals surface area contributed by atoms with Crippen LogP contribution in [0.1, 0.15) is 6.92 Å². The molecule has 0 fully saturated rings. The largest absolute Gasteiger partial charge is 0.308 e. The molecule has 0 aliphatic carbocycles. The molecule has 3 N–H and O–H groups in total. The Hall–Kier alpha value is 0.500. The van der Waals surface area contributed by atoms with E-state index in [0.29, 0.717) is 0 Å². The van der Waals surface area contributed by atoms with Gasteiger partial charge in [0.1, 0.15) is 0 Å². The molecule has 0 saturated heterocycles. The zero-order valence-electron chi connectivity index (χ0n) is 5.36. The molecule has 0 aromatic rings. The summed E-state index contributed by atoms with van der Waals surface area (Å²) in [6, 6.07) is 0. The van der Waals surface area contributed by atoms with E-state index in [4.69, 9.17) is 11.1 Å². The number of hydrogen-bond donors (Lipinski definition) is 2. The first-order chi connectivity index (χ1) is 4.75. The number of nitrogens with one attached hydrogen (secondary N) is 1. The molecule has 0 amide bonds. The van der Waals surface area contributed by atoms with E-state index in [0.717, 1.165) is 9.21 Å². The second-order valence-corrected chi connectivity index (χ2v) is 8.23. The Bertz CT molecular complexity index is 252. The summed E-state index contributed by atoms with van der Waals surface area (Å²) < 4.78 is 6.43. The van der Waals surface area contributed by atoms with Gasteiger partial charge in [0.25, 0.3) is 0 Å². The topological polar surface area (TPSA) is 62.2 Å². The van der Waals surface area contributed by atoms with Crippen molar-refractivity contribution in [1.29, 1.82) is 5.41 Å². The van der Waals surface area contributed by atoms with Gasteiger partial charge < -0.3 is 5.41 Å². The van der Waals surface area contributed by atoms with Crippen LogP contribution in [0.2, 0.25) is 0 Å². The molecule has 0 bridgehead atoms. The second kappa shape index (κ2) is 3.77. The van der Waals surface area contributed by atoms with Crippen molar-refractivity contribution in [3.8, 4) is 0 Å². The Balaban J connectivity index is 3.13. The molecule has 3 nitrogen and oxygen atoms in total. The van der Waals surface area contributed by atoms with Crippen LogP contribution in [0.5, 0.6) is 0 Å². The molecule has 1 aliphatic rings. The molecule has 0 saturated carbocycles. The van der Waals surface area contributed by atoms with Gasteiger partial charge in [-0.3, -0.25) is 5.73 Å². The summed E-state index contributed by atoms with van der Waals surface area (Å²) in [5.41, 5.74) is 6.63. The number of nitrogens with two attached hydrogens (primary N) is 1. The van der Waals surface area contributed by atoms with Crippen LogP contribution in [-0.4, -0.2) is 9.85 Å². The van der Waals surface area contributed by atoms with Crippen LogP contribution in [0.4, 0.5) is 0 Å². The van der Waals surface area contributed by atoms with Crippen LogP contribution in [0, 0.1) is 5.41 Å². The number of allylic oxidation sites excluding steroid dienone is 1. The molecule has 0 atom stereocenters. The van der Waals surface area contributed by atoms with E-state index in [9.17, 15) is 0 Å². The van der Waals surface area contributed by atoms with Crippen LogP contribution in [0.25, 0.3) is 0 Å². The maximum atomic E-state index is 7.07. The van der Waals surface area contributed by atoms with Crippen molar-refractivity contribution in [2.45, 2.75) is 6.92 Å². The normalized spacial score (nSPS) is 18.8. The summed E-state index contributed by atoms with van der Waals surface area (Å²) in [5.74, 6) is 0. The summed E-state index contributed by atoms with van der Waals surface area (Å²) in [6.45, 7) is 2.02. The van der Waals surface area contributed by atoms with Crippen molar-refractivity contribution in [1.82, 2.24) is 0 Å². The Kier molecular flexibility index (Phi) is 3.24. The molecule has 1 rings (SSSR count). The molecule has 1 aliphatic heterocycles. The molecule has 56 valence electrons. The maximum Gasteiger partial charge on any atom is 0.0737 e. The average Bonchev–Trinajstić information content (AvgIpc) is 1.88. The number of nitrogens with zero attached hydrogens (tertiary/aromatic N) is 1. The molecule has 0 aromatic carbocycles. The summed E-state index contributed by atoms with van der Waals surface area (Å²) in [4.78, 5) is 0. The van der Waals surface area contributed by atoms with E-state index in [-0.39, 0.29) is 42.0 Å². The van der Waals surface area contributed by atoms with Gasteiger partial charge in [-0.2, -0.15) is 1.36 Å². The van der Waals surface area contributed by atoms with Crippen LogP contribution in [0.3, 0.4) is 0 Å². The van der Waals surface area contributed by atoms with Gasteiger partial charge in [0.05, 0.1) is 24.6 Å². The molecule has 0 unspecified atom stereocenters. The quantitative estimate of drug-likeness (QED) is 0.544. The highest BCUT2D eigenvalue weighted by molar-refractivity contribution is 14.2. The van der Waals surface area contributed by atoms with Crippen molar-refractivity contribution in [2.75, 3.05) is 0 Å². The minimum Gasteiger partial charge on any atom is -0.308 e. The standard InChI is InChI=1S/C5H7I2N3/c1-3-4(2-8)5(9)7-10-6-3/h2,8H,9H2,1H3. The van der Waals surface area contributed by atoms with Crippen LogP contribution in [0.15, 0.2) is 10.5 Å². The van der Waals surface area contributed by atoms with Crippen LogP contribution >= 0.6 is 42.0 Å². The van der Waals surface area contributed by atoms with Crippen molar-refractivity contribution in [2.24, 2.45) is 7.09 Å². The SMILES string of the molecule is CC1=C(C=N)C(N)=IN=I1. The molecule has 5 heteroatoms. The molecule has 1 heterocycles. The average molecular weight is 363 g/mol. The lowest BCUT2D eigenvalue weighted by Crippen LogP contribution is -2.13. The van der Waals surface area contributed by atoms with Gasteiger partial charge in [0, 0.05) is 36.4 Å². The van der Waals surface area contributed by atoms with Gasteiger partial charge >= 0.3 is 0 Å². The Morgan fingerprint density at radius 3 is 2.80 bits per heavy atom. The summed E-state index contributed by atoms with van der Waals surface area (Å²) in [7, 11) is 0. The monoisotopic (exact) mass is 363 g/mol. The number of hydrogen-bond acceptors (Lipinski definition) is 3. The minimum atomic E-state index is -0.263. The predicted molar refractivity (Wildman–Crippen MR) is 61.1 cm³/mol. The molecule has 0 spiro atoms. The smallest absolute Gasteiger partial charge is 0.0737 e. The maximum absolute atomic E-state index is 7.07. The predicted octanol–water partition coefficient (Wildman–Crippen LogP) is 2.05. The van der Waals surface area contributed by atoms with Crippen molar-refractivity contribution in [3.05, 3.63) is 9.15 Å². The zero-order chi connectivity index (χ0) is 7.56. The summed E-state index contributed by atoms with van der Waals surface area (Å²) in [6.07, 6.45) is 1.36. The second-order valence-electron chi connectivity index (χ2n) is 1.67. The molecule has 10 heavy (non-hydrogen) atoms. The Morgan fingerprint density at radius 2 is 2.40 bits per heavy atom. The molecular weight excluding hydrogens is 356 g/mol. The first-order valence-electron chi connectivity index (χ1n) is 2.58. The first kappa shape index (κ1) is 8.60. The highest BCUT2D eigenvalue weighted by Crippen LogP contribution is 2.29. The van der Waals surface area contributed by atoms with Gasteiger partial charge in [0.2, 0.25) is 0 Å². The van der Waals surface area contributed by atoms with E-state index in [1.165, 1.54) is 9.79 Å². The first-order valence-corrected chi connectivity index (χ1v) is 6.67. The number of halogens is 2. The molecule has 0 radical (unpaired) electrons. The fourth-order valence-corrected chi connectivity index (χ4v) is 6.89. The fraction of sp³-hybridized carbons (Fsp3) is 0.200. The third-order valence-corrected chi connectivity index (χ3v) is 6.27.